The van der Waals surface area contributed by atoms with E-state index in [1.807, 2.05) is 0 Å². The molecule has 1 aromatic heterocycles. The van der Waals surface area contributed by atoms with Crippen molar-refractivity contribution in [3.63, 3.8) is 0 Å². The van der Waals surface area contributed by atoms with Gasteiger partial charge in [-0.15, -0.1) is 0 Å². The molecule has 1 amide bonds. The van der Waals surface area contributed by atoms with E-state index in [0.717, 1.165) is 13.0 Å². The number of likely N-dealkylation sites (N-methyl/N-ethyl adjacent to an activating group) is 1. The molecule has 1 aliphatic rings. The van der Waals surface area contributed by atoms with Crippen molar-refractivity contribution in [1.82, 2.24) is 14.9 Å². The number of carbonyl (C=O) groups excluding carboxylic acids is 1. The third-order valence-corrected chi connectivity index (χ3v) is 3.94. The Hall–Kier alpha value is -1.99. The van der Waals surface area contributed by atoms with Gasteiger partial charge in [-0.25, -0.2) is 9.37 Å². The molecule has 23 heavy (non-hydrogen) atoms. The Labute approximate surface area is 133 Å². The summed E-state index contributed by atoms with van der Waals surface area (Å²) in [6.45, 7) is 2.36. The van der Waals surface area contributed by atoms with E-state index in [1.54, 1.807) is 18.0 Å². The topological polar surface area (TPSA) is 67.4 Å². The number of hydrogen-bond acceptors (Lipinski definition) is 4. The molecule has 0 aliphatic carbocycles. The van der Waals surface area contributed by atoms with Crippen LogP contribution in [0.2, 0.25) is 0 Å². The fraction of sp³-hybridized carbons (Fsp3) is 0.500. The van der Waals surface area contributed by atoms with Crippen molar-refractivity contribution in [2.75, 3.05) is 33.4 Å². The molecule has 1 aliphatic heterocycles. The van der Waals surface area contributed by atoms with Gasteiger partial charge in [-0.3, -0.25) is 4.79 Å². The molecule has 1 N–H and O–H groups in total. The van der Waals surface area contributed by atoms with E-state index >= 15 is 0 Å². The molecule has 3 rings (SSSR count). The molecule has 1 aromatic carbocycles. The number of amides is 1. The zero-order valence-corrected chi connectivity index (χ0v) is 13.0. The minimum Gasteiger partial charge on any atom is -0.381 e. The minimum absolute atomic E-state index is 0.00448. The SMILES string of the molecule is CN(C[C@@H]1CCOC1)C(=O)COCc1nc2ccc(F)cc2[nH]1. The van der Waals surface area contributed by atoms with Gasteiger partial charge < -0.3 is 19.4 Å². The summed E-state index contributed by atoms with van der Waals surface area (Å²) >= 11 is 0. The Morgan fingerprint density at radius 2 is 2.43 bits per heavy atom. The molecular weight excluding hydrogens is 301 g/mol. The van der Waals surface area contributed by atoms with Crippen LogP contribution in [0.15, 0.2) is 18.2 Å². The second kappa shape index (κ2) is 7.06. The molecule has 0 bridgehead atoms. The average molecular weight is 321 g/mol. The lowest BCUT2D eigenvalue weighted by Gasteiger charge is -2.20. The summed E-state index contributed by atoms with van der Waals surface area (Å²) in [4.78, 5) is 21.0. The third kappa shape index (κ3) is 4.05. The quantitative estimate of drug-likeness (QED) is 0.879. The van der Waals surface area contributed by atoms with E-state index in [1.165, 1.54) is 12.1 Å². The first-order valence-electron chi connectivity index (χ1n) is 7.65. The van der Waals surface area contributed by atoms with E-state index in [0.29, 0.717) is 35.9 Å². The molecule has 6 nitrogen and oxygen atoms in total. The predicted octanol–water partition coefficient (Wildman–Crippen LogP) is 1.71. The molecule has 0 spiro atoms. The molecular formula is C16H20FN3O3. The summed E-state index contributed by atoms with van der Waals surface area (Å²) < 4.78 is 23.8. The van der Waals surface area contributed by atoms with E-state index in [-0.39, 0.29) is 24.9 Å². The van der Waals surface area contributed by atoms with Crippen LogP contribution in [-0.2, 0) is 20.9 Å². The summed E-state index contributed by atoms with van der Waals surface area (Å²) in [5.41, 5.74) is 1.29. The van der Waals surface area contributed by atoms with E-state index in [2.05, 4.69) is 9.97 Å². The first-order valence-corrected chi connectivity index (χ1v) is 7.65. The number of aromatic amines is 1. The van der Waals surface area contributed by atoms with Gasteiger partial charge in [0.15, 0.2) is 0 Å². The second-order valence-electron chi connectivity index (χ2n) is 5.84. The number of aromatic nitrogens is 2. The maximum absolute atomic E-state index is 13.1. The van der Waals surface area contributed by atoms with Crippen LogP contribution in [0.1, 0.15) is 12.2 Å². The lowest BCUT2D eigenvalue weighted by Crippen LogP contribution is -2.34. The van der Waals surface area contributed by atoms with Crippen LogP contribution in [0.5, 0.6) is 0 Å². The van der Waals surface area contributed by atoms with Gasteiger partial charge in [-0.2, -0.15) is 0 Å². The molecule has 0 unspecified atom stereocenters. The summed E-state index contributed by atoms with van der Waals surface area (Å²) in [6, 6.07) is 4.35. The minimum atomic E-state index is -0.318. The lowest BCUT2D eigenvalue weighted by molar-refractivity contribution is -0.135. The molecule has 1 fully saturated rings. The number of nitrogens with zero attached hydrogens (tertiary/aromatic N) is 2. The Morgan fingerprint density at radius 3 is 3.22 bits per heavy atom. The number of fused-ring (bicyclic) bond motifs is 1. The number of ether oxygens (including phenoxy) is 2. The van der Waals surface area contributed by atoms with Gasteiger partial charge in [0.25, 0.3) is 0 Å². The smallest absolute Gasteiger partial charge is 0.248 e. The first kappa shape index (κ1) is 15.9. The van der Waals surface area contributed by atoms with Crippen LogP contribution in [0, 0.1) is 11.7 Å². The molecule has 7 heteroatoms. The number of H-pyrrole nitrogens is 1. The van der Waals surface area contributed by atoms with Crippen molar-refractivity contribution in [2.45, 2.75) is 13.0 Å². The van der Waals surface area contributed by atoms with Gasteiger partial charge in [-0.05, 0) is 24.6 Å². The van der Waals surface area contributed by atoms with Gasteiger partial charge in [0, 0.05) is 26.1 Å². The molecule has 1 saturated heterocycles. The fourth-order valence-corrected chi connectivity index (χ4v) is 2.66. The van der Waals surface area contributed by atoms with Crippen molar-refractivity contribution >= 4 is 16.9 Å². The van der Waals surface area contributed by atoms with Gasteiger partial charge in [-0.1, -0.05) is 0 Å². The maximum Gasteiger partial charge on any atom is 0.248 e. The van der Waals surface area contributed by atoms with Gasteiger partial charge in [0.05, 0.1) is 17.6 Å². The molecule has 0 radical (unpaired) electrons. The number of benzene rings is 1. The fourth-order valence-electron chi connectivity index (χ4n) is 2.66. The van der Waals surface area contributed by atoms with Gasteiger partial charge in [0.2, 0.25) is 5.91 Å². The molecule has 1 atom stereocenters. The molecule has 2 heterocycles. The van der Waals surface area contributed by atoms with Crippen LogP contribution in [-0.4, -0.2) is 54.2 Å². The highest BCUT2D eigenvalue weighted by Crippen LogP contribution is 2.14. The lowest BCUT2D eigenvalue weighted by atomic mass is 10.1. The molecule has 2 aromatic rings. The first-order chi connectivity index (χ1) is 11.1. The van der Waals surface area contributed by atoms with E-state index in [9.17, 15) is 9.18 Å². The van der Waals surface area contributed by atoms with Crippen LogP contribution < -0.4 is 0 Å². The van der Waals surface area contributed by atoms with Crippen molar-refractivity contribution in [3.8, 4) is 0 Å². The van der Waals surface area contributed by atoms with E-state index in [4.69, 9.17) is 9.47 Å². The average Bonchev–Trinajstić information content (AvgIpc) is 3.15. The number of nitrogens with one attached hydrogen (secondary N) is 1. The highest BCUT2D eigenvalue weighted by Gasteiger charge is 2.20. The number of carbonyl (C=O) groups is 1. The third-order valence-electron chi connectivity index (χ3n) is 3.94. The van der Waals surface area contributed by atoms with Crippen molar-refractivity contribution < 1.29 is 18.7 Å². The van der Waals surface area contributed by atoms with E-state index < -0.39 is 0 Å². The monoisotopic (exact) mass is 321 g/mol. The van der Waals surface area contributed by atoms with Gasteiger partial charge >= 0.3 is 0 Å². The Bertz CT molecular complexity index is 682. The standard InChI is InChI=1S/C16H20FN3O3/c1-20(7-11-4-5-22-8-11)16(21)10-23-9-15-18-13-3-2-12(17)6-14(13)19-15/h2-3,6,11H,4-5,7-10H2,1H3,(H,18,19)/t11-/m0/s1. The maximum atomic E-state index is 13.1. The summed E-state index contributed by atoms with van der Waals surface area (Å²) in [6.07, 6.45) is 0.994. The summed E-state index contributed by atoms with van der Waals surface area (Å²) in [5.74, 6) is 0.597. The van der Waals surface area contributed by atoms with Crippen molar-refractivity contribution in [3.05, 3.63) is 29.8 Å². The number of rotatable bonds is 6. The molecule has 0 saturated carbocycles. The number of hydrogen-bond donors (Lipinski definition) is 1. The largest absolute Gasteiger partial charge is 0.381 e. The van der Waals surface area contributed by atoms with Crippen LogP contribution >= 0.6 is 0 Å². The number of imidazole rings is 1. The van der Waals surface area contributed by atoms with Crippen LogP contribution in [0.3, 0.4) is 0 Å². The predicted molar refractivity (Wildman–Crippen MR) is 82.3 cm³/mol. The highest BCUT2D eigenvalue weighted by molar-refractivity contribution is 5.77. The van der Waals surface area contributed by atoms with Crippen molar-refractivity contribution in [2.24, 2.45) is 5.92 Å². The second-order valence-corrected chi connectivity index (χ2v) is 5.84. The Morgan fingerprint density at radius 1 is 1.57 bits per heavy atom. The zero-order valence-electron chi connectivity index (χ0n) is 13.0. The Kier molecular flexibility index (Phi) is 4.88. The zero-order chi connectivity index (χ0) is 16.2. The highest BCUT2D eigenvalue weighted by atomic mass is 19.1. The van der Waals surface area contributed by atoms with Crippen LogP contribution in [0.25, 0.3) is 11.0 Å². The normalized spacial score (nSPS) is 17.7. The summed E-state index contributed by atoms with van der Waals surface area (Å²) in [7, 11) is 1.77. The summed E-state index contributed by atoms with van der Waals surface area (Å²) in [5, 5.41) is 0. The number of halogens is 1. The van der Waals surface area contributed by atoms with Gasteiger partial charge in [0.1, 0.15) is 24.9 Å². The Balaban J connectivity index is 1.46. The molecule has 124 valence electrons. The van der Waals surface area contributed by atoms with Crippen molar-refractivity contribution in [1.29, 1.82) is 0 Å². The van der Waals surface area contributed by atoms with Crippen LogP contribution in [0.4, 0.5) is 4.39 Å².